The highest BCUT2D eigenvalue weighted by atomic mass is 16.6. The van der Waals surface area contributed by atoms with Gasteiger partial charge in [0.1, 0.15) is 17.0 Å². The fourth-order valence-electron chi connectivity index (χ4n) is 5.10. The molecule has 1 amide bonds. The van der Waals surface area contributed by atoms with Crippen LogP contribution in [0.1, 0.15) is 45.7 Å². The predicted molar refractivity (Wildman–Crippen MR) is 127 cm³/mol. The largest absolute Gasteiger partial charge is 0.441 e. The molecule has 10 heteroatoms. The average Bonchev–Trinajstić information content (AvgIpc) is 3.36. The number of carbonyl (C=O) groups is 2. The summed E-state index contributed by atoms with van der Waals surface area (Å²) in [4.78, 5) is 43.9. The number of hydrogen-bond acceptors (Lipinski definition) is 7. The number of benzene rings is 1. The summed E-state index contributed by atoms with van der Waals surface area (Å²) in [5, 5.41) is 10.1. The molecule has 1 aliphatic carbocycles. The Morgan fingerprint density at radius 1 is 1.23 bits per heavy atom. The Morgan fingerprint density at radius 2 is 2.03 bits per heavy atom. The Morgan fingerprint density at radius 3 is 2.71 bits per heavy atom. The maximum Gasteiger partial charge on any atom is 0.416 e. The van der Waals surface area contributed by atoms with Crippen molar-refractivity contribution in [3.63, 3.8) is 0 Å². The van der Waals surface area contributed by atoms with Crippen LogP contribution >= 0.6 is 0 Å². The van der Waals surface area contributed by atoms with E-state index in [0.717, 1.165) is 11.0 Å². The van der Waals surface area contributed by atoms with Gasteiger partial charge in [0.15, 0.2) is 11.5 Å². The summed E-state index contributed by atoms with van der Waals surface area (Å²) < 4.78 is 7.79. The van der Waals surface area contributed by atoms with Crippen molar-refractivity contribution in [2.45, 2.75) is 57.8 Å². The summed E-state index contributed by atoms with van der Waals surface area (Å²) in [7, 11) is 0. The van der Waals surface area contributed by atoms with Crippen LogP contribution in [0.5, 0.6) is 0 Å². The molecule has 1 saturated carbocycles. The van der Waals surface area contributed by atoms with Crippen LogP contribution in [0.3, 0.4) is 0 Å². The molecule has 1 saturated heterocycles. The van der Waals surface area contributed by atoms with Gasteiger partial charge in [-0.05, 0) is 32.4 Å². The number of aromatic nitrogens is 4. The summed E-state index contributed by atoms with van der Waals surface area (Å²) in [5.41, 5.74) is -0.302. The van der Waals surface area contributed by atoms with Crippen molar-refractivity contribution in [1.82, 2.24) is 19.5 Å². The van der Waals surface area contributed by atoms with Crippen molar-refractivity contribution in [2.75, 3.05) is 11.4 Å². The zero-order valence-electron chi connectivity index (χ0n) is 19.9. The first-order chi connectivity index (χ1) is 16.5. The predicted octanol–water partition coefficient (Wildman–Crippen LogP) is 3.76. The Labute approximate surface area is 202 Å². The van der Waals surface area contributed by atoms with Gasteiger partial charge in [-0.2, -0.15) is 0 Å². The monoisotopic (exact) mass is 474 g/mol. The second kappa shape index (κ2) is 7.85. The summed E-state index contributed by atoms with van der Waals surface area (Å²) in [6, 6.07) is 5.29. The molecule has 0 unspecified atom stereocenters. The van der Waals surface area contributed by atoms with Gasteiger partial charge in [0.2, 0.25) is 0 Å². The lowest BCUT2D eigenvalue weighted by molar-refractivity contribution is -0.138. The Kier molecular flexibility index (Phi) is 5.14. The first-order valence-corrected chi connectivity index (χ1v) is 11.4. The van der Waals surface area contributed by atoms with Crippen molar-refractivity contribution < 1.29 is 19.4 Å². The lowest BCUT2D eigenvalue weighted by Gasteiger charge is -2.41. The molecular formula is C25H26N6O4. The first-order valence-electron chi connectivity index (χ1n) is 11.4. The van der Waals surface area contributed by atoms with Gasteiger partial charge in [0, 0.05) is 24.8 Å². The van der Waals surface area contributed by atoms with Gasteiger partial charge in [-0.3, -0.25) is 14.7 Å². The fraction of sp³-hybridized carbons (Fsp3) is 0.440. The number of aliphatic hydroxyl groups is 1. The zero-order chi connectivity index (χ0) is 25.0. The van der Waals surface area contributed by atoms with Gasteiger partial charge >= 0.3 is 6.09 Å². The molecule has 2 atom stereocenters. The molecule has 0 radical (unpaired) electrons. The van der Waals surface area contributed by atoms with E-state index in [-0.39, 0.29) is 12.3 Å². The summed E-state index contributed by atoms with van der Waals surface area (Å²) >= 11 is 0. The molecule has 1 aromatic carbocycles. The Balaban J connectivity index is 1.40. The van der Waals surface area contributed by atoms with Crippen molar-refractivity contribution >= 4 is 34.4 Å². The standard InChI is InChI=1S/C25H26N6O4/c1-23(2,34)19-10-28-21(11-27-19)31-14-25(35-22(31)33)8-7-20(32)24(3,12-25)13-30-15-29-17-6-5-16(26-4)9-18(17)30/h5-6,9-11,15,34H,7-8,12-14H2,1-3H3/t24-,25-/m1/s1. The van der Waals surface area contributed by atoms with Crippen molar-refractivity contribution in [2.24, 2.45) is 5.41 Å². The minimum Gasteiger partial charge on any atom is -0.441 e. The Hall–Kier alpha value is -3.84. The number of imidazole rings is 1. The number of Topliss-reactive ketones (excluding diaryl/α,β-unsaturated/α-hetero) is 1. The molecule has 2 fully saturated rings. The zero-order valence-corrected chi connectivity index (χ0v) is 19.9. The number of hydrogen-bond donors (Lipinski definition) is 1. The Bertz CT molecular complexity index is 1370. The lowest BCUT2D eigenvalue weighted by atomic mass is 9.67. The maximum atomic E-state index is 13.1. The highest BCUT2D eigenvalue weighted by molar-refractivity contribution is 5.91. The van der Waals surface area contributed by atoms with Crippen LogP contribution in [0.15, 0.2) is 36.9 Å². The maximum absolute atomic E-state index is 13.1. The fourth-order valence-corrected chi connectivity index (χ4v) is 5.10. The number of ether oxygens (including phenoxy) is 1. The minimum atomic E-state index is -1.14. The first kappa shape index (κ1) is 22.9. The van der Waals surface area contributed by atoms with Crippen LogP contribution in [0, 0.1) is 12.0 Å². The molecule has 2 aliphatic rings. The van der Waals surface area contributed by atoms with Gasteiger partial charge in [-0.15, -0.1) is 0 Å². The van der Waals surface area contributed by atoms with E-state index in [1.165, 1.54) is 17.3 Å². The number of carbonyl (C=O) groups excluding carboxylic acids is 2. The van der Waals surface area contributed by atoms with E-state index in [1.807, 2.05) is 11.5 Å². The van der Waals surface area contributed by atoms with E-state index in [4.69, 9.17) is 11.3 Å². The molecule has 1 N–H and O–H groups in total. The smallest absolute Gasteiger partial charge is 0.416 e. The summed E-state index contributed by atoms with van der Waals surface area (Å²) in [6.45, 7) is 13.0. The number of amides is 1. The number of fused-ring (bicyclic) bond motifs is 1. The van der Waals surface area contributed by atoms with E-state index in [0.29, 0.717) is 43.0 Å². The third-order valence-corrected chi connectivity index (χ3v) is 6.96. The number of ketones is 1. The van der Waals surface area contributed by atoms with Crippen LogP contribution in [0.25, 0.3) is 15.9 Å². The van der Waals surface area contributed by atoms with Crippen molar-refractivity contribution in [3.8, 4) is 0 Å². The van der Waals surface area contributed by atoms with Gasteiger partial charge in [0.25, 0.3) is 0 Å². The second-order valence-corrected chi connectivity index (χ2v) is 10.3. The highest BCUT2D eigenvalue weighted by Gasteiger charge is 2.55. The highest BCUT2D eigenvalue weighted by Crippen LogP contribution is 2.46. The van der Waals surface area contributed by atoms with Gasteiger partial charge in [-0.25, -0.2) is 19.6 Å². The molecular weight excluding hydrogens is 448 g/mol. The number of rotatable bonds is 4. The molecule has 3 heterocycles. The summed E-state index contributed by atoms with van der Waals surface area (Å²) in [6.07, 6.45) is 5.15. The molecule has 1 spiro atoms. The molecule has 35 heavy (non-hydrogen) atoms. The molecule has 0 bridgehead atoms. The molecule has 10 nitrogen and oxygen atoms in total. The van der Waals surface area contributed by atoms with Crippen molar-refractivity contribution in [3.05, 3.63) is 54.0 Å². The molecule has 5 rings (SSSR count). The van der Waals surface area contributed by atoms with Crippen LogP contribution in [-0.4, -0.2) is 48.6 Å². The molecule has 180 valence electrons. The van der Waals surface area contributed by atoms with Crippen molar-refractivity contribution in [1.29, 1.82) is 0 Å². The SMILES string of the molecule is [C-]#[N+]c1ccc2ncn(C[C@@]3(C)C[C@]4(CCC3=O)CN(c3cnc(C(C)(C)O)cn3)C(=O)O4)c2c1. The molecule has 1 aliphatic heterocycles. The van der Waals surface area contributed by atoms with E-state index in [2.05, 4.69) is 19.8 Å². The molecule has 2 aromatic heterocycles. The minimum absolute atomic E-state index is 0.107. The van der Waals surface area contributed by atoms with Crippen LogP contribution in [-0.2, 0) is 21.7 Å². The normalized spacial score (nSPS) is 24.7. The van der Waals surface area contributed by atoms with Gasteiger partial charge in [0.05, 0.1) is 48.6 Å². The van der Waals surface area contributed by atoms with Crippen LogP contribution in [0.4, 0.5) is 16.3 Å². The van der Waals surface area contributed by atoms with E-state index < -0.39 is 22.7 Å². The molecule has 3 aromatic rings. The third kappa shape index (κ3) is 4.02. The lowest BCUT2D eigenvalue weighted by Crippen LogP contribution is -2.49. The van der Waals surface area contributed by atoms with Gasteiger partial charge < -0.3 is 14.4 Å². The summed E-state index contributed by atoms with van der Waals surface area (Å²) in [5.74, 6) is 0.445. The quantitative estimate of drug-likeness (QED) is 0.573. The third-order valence-electron chi connectivity index (χ3n) is 6.96. The number of anilines is 1. The van der Waals surface area contributed by atoms with Crippen LogP contribution in [0.2, 0.25) is 0 Å². The topological polar surface area (TPSA) is 115 Å². The van der Waals surface area contributed by atoms with E-state index in [1.54, 1.807) is 38.4 Å². The van der Waals surface area contributed by atoms with E-state index in [9.17, 15) is 14.7 Å². The second-order valence-electron chi connectivity index (χ2n) is 10.3. The average molecular weight is 475 g/mol. The van der Waals surface area contributed by atoms with E-state index >= 15 is 0 Å². The number of nitrogens with zero attached hydrogens (tertiary/aromatic N) is 6. The van der Waals surface area contributed by atoms with Crippen LogP contribution < -0.4 is 4.90 Å². The van der Waals surface area contributed by atoms with Gasteiger partial charge in [-0.1, -0.05) is 13.0 Å².